The number of hydrogen-bond donors (Lipinski definition) is 1. The highest BCUT2D eigenvalue weighted by atomic mass is 32.2. The molecule has 0 amide bonds. The molecule has 0 bridgehead atoms. The Morgan fingerprint density at radius 1 is 1.38 bits per heavy atom. The predicted molar refractivity (Wildman–Crippen MR) is 112 cm³/mol. The van der Waals surface area contributed by atoms with E-state index < -0.39 is 29.3 Å². The second-order valence-corrected chi connectivity index (χ2v) is 8.68. The van der Waals surface area contributed by atoms with Gasteiger partial charge in [-0.15, -0.1) is 0 Å². The Hall–Kier alpha value is -2.50. The van der Waals surface area contributed by atoms with Crippen molar-refractivity contribution in [2.75, 3.05) is 26.1 Å². The van der Waals surface area contributed by atoms with Gasteiger partial charge in [-0.1, -0.05) is 17.8 Å². The summed E-state index contributed by atoms with van der Waals surface area (Å²) in [6, 6.07) is 4.37. The average molecular weight is 466 g/mol. The average Bonchev–Trinajstić information content (AvgIpc) is 3.13. The first-order chi connectivity index (χ1) is 15.3. The molecule has 32 heavy (non-hydrogen) atoms. The second kappa shape index (κ2) is 9.16. The summed E-state index contributed by atoms with van der Waals surface area (Å²) >= 11 is 1.39. The van der Waals surface area contributed by atoms with E-state index in [1.165, 1.54) is 23.9 Å². The van der Waals surface area contributed by atoms with Gasteiger partial charge in [-0.05, 0) is 17.7 Å². The Bertz CT molecular complexity index is 1040. The van der Waals surface area contributed by atoms with Gasteiger partial charge in [0.1, 0.15) is 22.7 Å². The predicted octanol–water partition coefficient (Wildman–Crippen LogP) is 2.90. The number of methoxy groups -OCH3 is 1. The number of alkyl halides is 2. The van der Waals surface area contributed by atoms with Crippen molar-refractivity contribution in [1.29, 1.82) is 0 Å². The SMILES string of the molecule is COC[C@H]1OC[C@]2(c3cc(CC(=O)c4cnc(C(F)F)cn4)ccc3F)N=C(N)SC[C@H]12. The van der Waals surface area contributed by atoms with Crippen LogP contribution in [0.5, 0.6) is 0 Å². The highest BCUT2D eigenvalue weighted by Gasteiger charge is 2.54. The minimum absolute atomic E-state index is 0.0444. The zero-order chi connectivity index (χ0) is 22.9. The zero-order valence-electron chi connectivity index (χ0n) is 17.1. The number of nitrogens with two attached hydrogens (primary N) is 1. The van der Waals surface area contributed by atoms with E-state index in [4.69, 9.17) is 15.2 Å². The molecule has 0 radical (unpaired) electrons. The molecule has 11 heteroatoms. The minimum atomic E-state index is -2.77. The van der Waals surface area contributed by atoms with Crippen molar-refractivity contribution in [3.05, 3.63) is 58.9 Å². The number of ether oxygens (including phenoxy) is 2. The molecular weight excluding hydrogens is 445 g/mol. The van der Waals surface area contributed by atoms with E-state index in [2.05, 4.69) is 15.0 Å². The van der Waals surface area contributed by atoms with Gasteiger partial charge in [-0.3, -0.25) is 9.78 Å². The summed E-state index contributed by atoms with van der Waals surface area (Å²) in [4.78, 5) is 24.6. The summed E-state index contributed by atoms with van der Waals surface area (Å²) in [5, 5.41) is 0.346. The summed E-state index contributed by atoms with van der Waals surface area (Å²) in [6.45, 7) is 0.483. The van der Waals surface area contributed by atoms with Crippen LogP contribution >= 0.6 is 11.8 Å². The Morgan fingerprint density at radius 3 is 2.88 bits per heavy atom. The lowest BCUT2D eigenvalue weighted by Gasteiger charge is -2.36. The summed E-state index contributed by atoms with van der Waals surface area (Å²) in [5.74, 6) is -0.463. The fourth-order valence-electron chi connectivity index (χ4n) is 4.08. The third-order valence-corrected chi connectivity index (χ3v) is 6.59. The quantitative estimate of drug-likeness (QED) is 0.627. The van der Waals surface area contributed by atoms with Crippen LogP contribution in [-0.4, -0.2) is 53.1 Å². The number of aromatic nitrogens is 2. The summed E-state index contributed by atoms with van der Waals surface area (Å²) in [5.41, 5.74) is 5.26. The van der Waals surface area contributed by atoms with E-state index in [0.29, 0.717) is 28.7 Å². The molecular formula is C21H21F3N4O3S. The lowest BCUT2D eigenvalue weighted by atomic mass is 9.78. The summed E-state index contributed by atoms with van der Waals surface area (Å²) < 4.78 is 51.5. The molecule has 3 atom stereocenters. The Balaban J connectivity index is 1.63. The molecule has 1 fully saturated rings. The Morgan fingerprint density at radius 2 is 2.19 bits per heavy atom. The number of rotatable bonds is 7. The van der Waals surface area contributed by atoms with Gasteiger partial charge in [0, 0.05) is 30.8 Å². The molecule has 1 saturated heterocycles. The van der Waals surface area contributed by atoms with Crippen molar-refractivity contribution >= 4 is 22.7 Å². The van der Waals surface area contributed by atoms with Gasteiger partial charge in [0.25, 0.3) is 6.43 Å². The Labute approximate surface area is 186 Å². The molecule has 1 aromatic heterocycles. The maximum absolute atomic E-state index is 15.0. The molecule has 2 aliphatic heterocycles. The van der Waals surface area contributed by atoms with Crippen LogP contribution in [0, 0.1) is 11.7 Å². The number of carbonyl (C=O) groups is 1. The van der Waals surface area contributed by atoms with E-state index in [-0.39, 0.29) is 30.7 Å². The van der Waals surface area contributed by atoms with Crippen molar-refractivity contribution in [1.82, 2.24) is 9.97 Å². The topological polar surface area (TPSA) is 99.7 Å². The molecule has 170 valence electrons. The van der Waals surface area contributed by atoms with Crippen LogP contribution < -0.4 is 5.73 Å². The van der Waals surface area contributed by atoms with Gasteiger partial charge in [-0.25, -0.2) is 23.1 Å². The molecule has 4 rings (SSSR count). The molecule has 0 spiro atoms. The Kier molecular flexibility index (Phi) is 6.50. The molecule has 3 heterocycles. The van der Waals surface area contributed by atoms with Crippen LogP contribution in [-0.2, 0) is 21.4 Å². The number of benzene rings is 1. The standard InChI is InChI=1S/C21H21F3N4O3S/c1-30-8-18-13-9-32-20(25)28-21(13,10-31-18)12-4-11(2-3-14(12)22)5-17(29)15-6-27-16(7-26-15)19(23)24/h2-4,6-7,13,18-19H,5,8-10H2,1H3,(H2,25,28)/t13-,18-,21-/m1/s1. The first-order valence-electron chi connectivity index (χ1n) is 9.85. The third kappa shape index (κ3) is 4.24. The van der Waals surface area contributed by atoms with Crippen LogP contribution in [0.4, 0.5) is 13.2 Å². The normalized spacial score (nSPS) is 25.0. The third-order valence-electron chi connectivity index (χ3n) is 5.67. The lowest BCUT2D eigenvalue weighted by molar-refractivity contribution is 0.0240. The number of carbonyl (C=O) groups excluding carboxylic acids is 1. The first-order valence-corrected chi connectivity index (χ1v) is 10.8. The molecule has 7 nitrogen and oxygen atoms in total. The van der Waals surface area contributed by atoms with E-state index in [1.807, 2.05) is 0 Å². The maximum atomic E-state index is 15.0. The van der Waals surface area contributed by atoms with Gasteiger partial charge in [0.15, 0.2) is 11.0 Å². The number of thioether (sulfide) groups is 1. The smallest absolute Gasteiger partial charge is 0.281 e. The number of amidine groups is 1. The molecule has 0 saturated carbocycles. The number of nitrogens with zero attached hydrogens (tertiary/aromatic N) is 3. The van der Waals surface area contributed by atoms with Gasteiger partial charge in [-0.2, -0.15) is 0 Å². The highest BCUT2D eigenvalue weighted by Crippen LogP contribution is 2.48. The highest BCUT2D eigenvalue weighted by molar-refractivity contribution is 8.13. The van der Waals surface area contributed by atoms with Gasteiger partial charge < -0.3 is 15.2 Å². The van der Waals surface area contributed by atoms with Crippen molar-refractivity contribution in [2.24, 2.45) is 16.6 Å². The minimum Gasteiger partial charge on any atom is -0.382 e. The fraction of sp³-hybridized carbons (Fsp3) is 0.429. The summed E-state index contributed by atoms with van der Waals surface area (Å²) in [7, 11) is 1.57. The monoisotopic (exact) mass is 466 g/mol. The number of fused-ring (bicyclic) bond motifs is 1. The van der Waals surface area contributed by atoms with Crippen LogP contribution in [0.3, 0.4) is 0 Å². The lowest BCUT2D eigenvalue weighted by Crippen LogP contribution is -2.43. The molecule has 2 aliphatic rings. The molecule has 0 unspecified atom stereocenters. The number of ketones is 1. The van der Waals surface area contributed by atoms with Crippen molar-refractivity contribution in [2.45, 2.75) is 24.5 Å². The van der Waals surface area contributed by atoms with E-state index in [9.17, 15) is 13.6 Å². The summed E-state index contributed by atoms with van der Waals surface area (Å²) in [6.07, 6.45) is -1.24. The largest absolute Gasteiger partial charge is 0.382 e. The number of halogens is 3. The molecule has 0 aliphatic carbocycles. The van der Waals surface area contributed by atoms with Crippen molar-refractivity contribution in [3.8, 4) is 0 Å². The van der Waals surface area contributed by atoms with E-state index in [0.717, 1.165) is 12.4 Å². The zero-order valence-corrected chi connectivity index (χ0v) is 17.9. The second-order valence-electron chi connectivity index (χ2n) is 7.64. The molecule has 1 aromatic carbocycles. The van der Waals surface area contributed by atoms with Crippen LogP contribution in [0.1, 0.15) is 33.7 Å². The van der Waals surface area contributed by atoms with Crippen molar-refractivity contribution in [3.63, 3.8) is 0 Å². The van der Waals surface area contributed by atoms with E-state index in [1.54, 1.807) is 13.2 Å². The number of Topliss-reactive ketones (excluding diaryl/α,β-unsaturated/α-hetero) is 1. The first kappa shape index (κ1) is 22.7. The van der Waals surface area contributed by atoms with Crippen LogP contribution in [0.2, 0.25) is 0 Å². The fourth-order valence-corrected chi connectivity index (χ4v) is 5.15. The molecule has 2 aromatic rings. The van der Waals surface area contributed by atoms with Gasteiger partial charge in [0.2, 0.25) is 0 Å². The number of aliphatic imine (C=N–C) groups is 1. The van der Waals surface area contributed by atoms with Crippen LogP contribution in [0.15, 0.2) is 35.6 Å². The van der Waals surface area contributed by atoms with Gasteiger partial charge >= 0.3 is 0 Å². The number of hydrogen-bond acceptors (Lipinski definition) is 8. The van der Waals surface area contributed by atoms with E-state index >= 15 is 4.39 Å². The van der Waals surface area contributed by atoms with Gasteiger partial charge in [0.05, 0.1) is 31.7 Å². The van der Waals surface area contributed by atoms with Crippen LogP contribution in [0.25, 0.3) is 0 Å². The maximum Gasteiger partial charge on any atom is 0.281 e. The molecule has 2 N–H and O–H groups in total. The van der Waals surface area contributed by atoms with Crippen molar-refractivity contribution < 1.29 is 27.4 Å².